The van der Waals surface area contributed by atoms with Crippen LogP contribution in [0.5, 0.6) is 0 Å². The van der Waals surface area contributed by atoms with Crippen LogP contribution in [0.1, 0.15) is 61.6 Å². The second kappa shape index (κ2) is 6.78. The molecule has 0 aliphatic heterocycles. The molecule has 0 spiro atoms. The Balaban J connectivity index is 1.70. The molecule has 2 N–H and O–H groups in total. The van der Waals surface area contributed by atoms with E-state index in [0.717, 1.165) is 11.6 Å². The monoisotopic (exact) mass is 307 g/mol. The number of nitrogens with two attached hydrogens (primary N) is 1. The standard InChI is InChI=1S/C22H29N/c1-3-22(16-18-8-10-20(23)11-9-18)14-12-19(13-15-22)21-7-5-4-6-17(21)2/h4-11,19H,3,12-16,23H2,1-2H3. The highest BCUT2D eigenvalue weighted by molar-refractivity contribution is 5.39. The van der Waals surface area contributed by atoms with Crippen LogP contribution >= 0.6 is 0 Å². The van der Waals surface area contributed by atoms with Gasteiger partial charge in [-0.15, -0.1) is 0 Å². The van der Waals surface area contributed by atoms with Gasteiger partial charge in [-0.2, -0.15) is 0 Å². The molecule has 0 atom stereocenters. The van der Waals surface area contributed by atoms with E-state index in [1.165, 1.54) is 49.7 Å². The van der Waals surface area contributed by atoms with Gasteiger partial charge in [0.15, 0.2) is 0 Å². The summed E-state index contributed by atoms with van der Waals surface area (Å²) in [6.07, 6.45) is 7.81. The zero-order chi connectivity index (χ0) is 16.3. The van der Waals surface area contributed by atoms with Crippen molar-refractivity contribution in [1.82, 2.24) is 0 Å². The van der Waals surface area contributed by atoms with Gasteiger partial charge in [0.1, 0.15) is 0 Å². The van der Waals surface area contributed by atoms with Crippen LogP contribution in [0, 0.1) is 12.3 Å². The van der Waals surface area contributed by atoms with E-state index in [2.05, 4.69) is 50.2 Å². The molecule has 1 heteroatoms. The van der Waals surface area contributed by atoms with Crippen molar-refractivity contribution in [3.8, 4) is 0 Å². The van der Waals surface area contributed by atoms with Gasteiger partial charge >= 0.3 is 0 Å². The van der Waals surface area contributed by atoms with Gasteiger partial charge in [-0.3, -0.25) is 0 Å². The summed E-state index contributed by atoms with van der Waals surface area (Å²) in [6, 6.07) is 17.4. The van der Waals surface area contributed by atoms with E-state index in [1.54, 1.807) is 5.56 Å². The van der Waals surface area contributed by atoms with Crippen molar-refractivity contribution in [2.24, 2.45) is 5.41 Å². The topological polar surface area (TPSA) is 26.0 Å². The Hall–Kier alpha value is -1.76. The van der Waals surface area contributed by atoms with Crippen molar-refractivity contribution < 1.29 is 0 Å². The maximum Gasteiger partial charge on any atom is 0.0314 e. The van der Waals surface area contributed by atoms with E-state index >= 15 is 0 Å². The van der Waals surface area contributed by atoms with Crippen molar-refractivity contribution in [1.29, 1.82) is 0 Å². The van der Waals surface area contributed by atoms with Gasteiger partial charge in [-0.05, 0) is 79.2 Å². The summed E-state index contributed by atoms with van der Waals surface area (Å²) in [7, 11) is 0. The Kier molecular flexibility index (Phi) is 4.75. The van der Waals surface area contributed by atoms with Gasteiger partial charge in [0.25, 0.3) is 0 Å². The summed E-state index contributed by atoms with van der Waals surface area (Å²) in [6.45, 7) is 4.62. The molecule has 2 aromatic carbocycles. The Bertz CT molecular complexity index is 633. The van der Waals surface area contributed by atoms with Gasteiger partial charge in [0, 0.05) is 5.69 Å². The highest BCUT2D eigenvalue weighted by Gasteiger charge is 2.34. The fraction of sp³-hybridized carbons (Fsp3) is 0.455. The quantitative estimate of drug-likeness (QED) is 0.702. The van der Waals surface area contributed by atoms with E-state index in [0.29, 0.717) is 5.41 Å². The molecular formula is C22H29N. The Labute approximate surface area is 140 Å². The summed E-state index contributed by atoms with van der Waals surface area (Å²) in [5.41, 5.74) is 11.6. The van der Waals surface area contributed by atoms with Crippen LogP contribution in [0.15, 0.2) is 48.5 Å². The average Bonchev–Trinajstić information content (AvgIpc) is 2.58. The zero-order valence-electron chi connectivity index (χ0n) is 14.5. The van der Waals surface area contributed by atoms with E-state index in [4.69, 9.17) is 5.73 Å². The van der Waals surface area contributed by atoms with E-state index in [-0.39, 0.29) is 0 Å². The minimum Gasteiger partial charge on any atom is -0.399 e. The molecule has 0 unspecified atom stereocenters. The zero-order valence-corrected chi connectivity index (χ0v) is 14.5. The van der Waals surface area contributed by atoms with Gasteiger partial charge in [-0.25, -0.2) is 0 Å². The molecule has 0 aromatic heterocycles. The molecule has 1 saturated carbocycles. The molecule has 1 fully saturated rings. The lowest BCUT2D eigenvalue weighted by Gasteiger charge is -2.40. The van der Waals surface area contributed by atoms with Gasteiger partial charge in [0.05, 0.1) is 0 Å². The van der Waals surface area contributed by atoms with Crippen molar-refractivity contribution in [3.05, 3.63) is 65.2 Å². The molecule has 0 heterocycles. The summed E-state index contributed by atoms with van der Waals surface area (Å²) >= 11 is 0. The van der Waals surface area contributed by atoms with Gasteiger partial charge in [0.2, 0.25) is 0 Å². The lowest BCUT2D eigenvalue weighted by atomic mass is 9.64. The number of nitrogen functional groups attached to an aromatic ring is 1. The summed E-state index contributed by atoms with van der Waals surface area (Å²) in [4.78, 5) is 0. The first-order chi connectivity index (χ1) is 11.1. The smallest absolute Gasteiger partial charge is 0.0314 e. The molecule has 1 nitrogen and oxygen atoms in total. The van der Waals surface area contributed by atoms with Crippen molar-refractivity contribution in [3.63, 3.8) is 0 Å². The highest BCUT2D eigenvalue weighted by Crippen LogP contribution is 2.47. The van der Waals surface area contributed by atoms with E-state index < -0.39 is 0 Å². The number of hydrogen-bond acceptors (Lipinski definition) is 1. The SMILES string of the molecule is CCC1(Cc2ccc(N)cc2)CCC(c2ccccc2C)CC1. The van der Waals surface area contributed by atoms with Crippen LogP contribution in [0.4, 0.5) is 5.69 Å². The van der Waals surface area contributed by atoms with Crippen molar-refractivity contribution >= 4 is 5.69 Å². The fourth-order valence-corrected chi connectivity index (χ4v) is 4.31. The molecule has 3 rings (SSSR count). The second-order valence-electron chi connectivity index (χ2n) is 7.40. The average molecular weight is 307 g/mol. The van der Waals surface area contributed by atoms with Crippen LogP contribution in [0.3, 0.4) is 0 Å². The third kappa shape index (κ3) is 3.60. The maximum atomic E-state index is 5.82. The third-order valence-corrected chi connectivity index (χ3v) is 5.98. The van der Waals surface area contributed by atoms with Crippen molar-refractivity contribution in [2.75, 3.05) is 5.73 Å². The third-order valence-electron chi connectivity index (χ3n) is 5.98. The highest BCUT2D eigenvalue weighted by atomic mass is 14.5. The first kappa shape index (κ1) is 16.1. The predicted molar refractivity (Wildman–Crippen MR) is 99.7 cm³/mol. The predicted octanol–water partition coefficient (Wildman–Crippen LogP) is 5.87. The minimum atomic E-state index is 0.481. The second-order valence-corrected chi connectivity index (χ2v) is 7.40. The molecule has 0 bridgehead atoms. The molecule has 2 aromatic rings. The molecule has 23 heavy (non-hydrogen) atoms. The lowest BCUT2D eigenvalue weighted by molar-refractivity contribution is 0.165. The number of hydrogen-bond donors (Lipinski definition) is 1. The number of aryl methyl sites for hydroxylation is 1. The Morgan fingerprint density at radius 2 is 1.65 bits per heavy atom. The molecule has 0 amide bonds. The minimum absolute atomic E-state index is 0.481. The summed E-state index contributed by atoms with van der Waals surface area (Å²) in [5.74, 6) is 0.752. The van der Waals surface area contributed by atoms with Gasteiger partial charge < -0.3 is 5.73 Å². The molecule has 0 radical (unpaired) electrons. The lowest BCUT2D eigenvalue weighted by Crippen LogP contribution is -2.28. The largest absolute Gasteiger partial charge is 0.399 e. The number of rotatable bonds is 4. The van der Waals surface area contributed by atoms with E-state index in [9.17, 15) is 0 Å². The normalized spacial score (nSPS) is 24.5. The summed E-state index contributed by atoms with van der Waals surface area (Å²) < 4.78 is 0. The molecule has 122 valence electrons. The van der Waals surface area contributed by atoms with Crippen LogP contribution < -0.4 is 5.73 Å². The first-order valence-corrected chi connectivity index (χ1v) is 9.02. The van der Waals surface area contributed by atoms with Crippen LogP contribution in [-0.4, -0.2) is 0 Å². The summed E-state index contributed by atoms with van der Waals surface area (Å²) in [5, 5.41) is 0. The van der Waals surface area contributed by atoms with Crippen LogP contribution in [0.25, 0.3) is 0 Å². The molecule has 0 saturated heterocycles. The first-order valence-electron chi connectivity index (χ1n) is 9.02. The fourth-order valence-electron chi connectivity index (χ4n) is 4.31. The van der Waals surface area contributed by atoms with Gasteiger partial charge in [-0.1, -0.05) is 49.7 Å². The molecule has 1 aliphatic carbocycles. The maximum absolute atomic E-state index is 5.82. The molecular weight excluding hydrogens is 278 g/mol. The Morgan fingerprint density at radius 3 is 2.26 bits per heavy atom. The van der Waals surface area contributed by atoms with Crippen LogP contribution in [0.2, 0.25) is 0 Å². The number of anilines is 1. The van der Waals surface area contributed by atoms with E-state index in [1.807, 2.05) is 12.1 Å². The van der Waals surface area contributed by atoms with Crippen molar-refractivity contribution in [2.45, 2.75) is 58.3 Å². The Morgan fingerprint density at radius 1 is 1.00 bits per heavy atom. The number of benzene rings is 2. The van der Waals surface area contributed by atoms with Crippen LogP contribution in [-0.2, 0) is 6.42 Å². The molecule has 1 aliphatic rings.